The lowest BCUT2D eigenvalue weighted by Gasteiger charge is -2.37. The standard InChI is InChI=1S/C16H23N3O3/c1-2-3-12-10-17-15-14(20)13(4-5-19(15)16(12)21)11-18-6-8-22-9-7-18/h4-5,10,15,17,20H,2-3,6-9,11H2,1H3. The van der Waals surface area contributed by atoms with E-state index in [4.69, 9.17) is 4.74 Å². The summed E-state index contributed by atoms with van der Waals surface area (Å²) in [6.07, 6.45) is 6.55. The number of rotatable bonds is 4. The molecule has 6 heteroatoms. The molecule has 0 spiro atoms. The molecule has 0 bridgehead atoms. The molecule has 2 N–H and O–H groups in total. The number of hydrogen-bond donors (Lipinski definition) is 2. The molecule has 6 nitrogen and oxygen atoms in total. The number of morpholine rings is 1. The first-order valence-electron chi connectivity index (χ1n) is 7.88. The van der Waals surface area contributed by atoms with E-state index >= 15 is 0 Å². The Labute approximate surface area is 130 Å². The van der Waals surface area contributed by atoms with Crippen LogP contribution < -0.4 is 5.32 Å². The average molecular weight is 305 g/mol. The van der Waals surface area contributed by atoms with Crippen molar-refractivity contribution in [2.24, 2.45) is 0 Å². The van der Waals surface area contributed by atoms with Crippen molar-refractivity contribution in [2.75, 3.05) is 32.8 Å². The molecule has 0 aromatic rings. The number of carbonyl (C=O) groups excluding carboxylic acids is 1. The molecule has 1 fully saturated rings. The van der Waals surface area contributed by atoms with Gasteiger partial charge in [0.1, 0.15) is 5.76 Å². The van der Waals surface area contributed by atoms with Crippen LogP contribution in [0.15, 0.2) is 35.4 Å². The number of ether oxygens (including phenoxy) is 1. The van der Waals surface area contributed by atoms with E-state index in [0.29, 0.717) is 6.54 Å². The quantitative estimate of drug-likeness (QED) is 0.814. The van der Waals surface area contributed by atoms with E-state index in [-0.39, 0.29) is 11.7 Å². The Hall–Kier alpha value is -1.79. The fraction of sp³-hybridized carbons (Fsp3) is 0.562. The van der Waals surface area contributed by atoms with Gasteiger partial charge in [-0.15, -0.1) is 0 Å². The van der Waals surface area contributed by atoms with Gasteiger partial charge in [0.15, 0.2) is 6.17 Å². The maximum Gasteiger partial charge on any atom is 0.257 e. The van der Waals surface area contributed by atoms with Crippen LogP contribution in [0.4, 0.5) is 0 Å². The number of nitrogens with one attached hydrogen (secondary N) is 1. The van der Waals surface area contributed by atoms with Gasteiger partial charge in [-0.3, -0.25) is 14.6 Å². The monoisotopic (exact) mass is 305 g/mol. The van der Waals surface area contributed by atoms with E-state index in [1.165, 1.54) is 0 Å². The average Bonchev–Trinajstić information content (AvgIpc) is 2.54. The summed E-state index contributed by atoms with van der Waals surface area (Å²) in [4.78, 5) is 16.2. The first-order chi connectivity index (χ1) is 10.7. The molecule has 0 aliphatic carbocycles. The number of hydrogen-bond acceptors (Lipinski definition) is 5. The van der Waals surface area contributed by atoms with Crippen molar-refractivity contribution in [3.05, 3.63) is 35.4 Å². The highest BCUT2D eigenvalue weighted by molar-refractivity contribution is 5.95. The lowest BCUT2D eigenvalue weighted by atomic mass is 10.0. The Morgan fingerprint density at radius 1 is 1.41 bits per heavy atom. The summed E-state index contributed by atoms with van der Waals surface area (Å²) in [5.74, 6) is 0.202. The van der Waals surface area contributed by atoms with Crippen molar-refractivity contribution in [1.82, 2.24) is 15.1 Å². The van der Waals surface area contributed by atoms with Crippen molar-refractivity contribution >= 4 is 5.91 Å². The van der Waals surface area contributed by atoms with Crippen LogP contribution in [0.3, 0.4) is 0 Å². The van der Waals surface area contributed by atoms with Crippen molar-refractivity contribution in [1.29, 1.82) is 0 Å². The van der Waals surface area contributed by atoms with Gasteiger partial charge in [0.05, 0.1) is 13.2 Å². The second-order valence-corrected chi connectivity index (χ2v) is 5.82. The normalized spacial score (nSPS) is 25.9. The van der Waals surface area contributed by atoms with Crippen molar-refractivity contribution in [3.63, 3.8) is 0 Å². The highest BCUT2D eigenvalue weighted by Crippen LogP contribution is 2.25. The predicted molar refractivity (Wildman–Crippen MR) is 82.8 cm³/mol. The SMILES string of the molecule is CCCC1=CNC2C(O)=C(CN3CCOCC3)C=CN2C1=O. The minimum Gasteiger partial charge on any atom is -0.508 e. The molecular formula is C16H23N3O3. The Balaban J connectivity index is 1.74. The highest BCUT2D eigenvalue weighted by Gasteiger charge is 2.34. The van der Waals surface area contributed by atoms with Crippen molar-refractivity contribution in [3.8, 4) is 0 Å². The molecule has 1 saturated heterocycles. The molecule has 3 aliphatic heterocycles. The Bertz CT molecular complexity index is 533. The zero-order valence-electron chi connectivity index (χ0n) is 12.9. The first-order valence-corrected chi connectivity index (χ1v) is 7.88. The Morgan fingerprint density at radius 2 is 2.18 bits per heavy atom. The lowest BCUT2D eigenvalue weighted by Crippen LogP contribution is -2.51. The van der Waals surface area contributed by atoms with Gasteiger partial charge >= 0.3 is 0 Å². The topological polar surface area (TPSA) is 65.0 Å². The summed E-state index contributed by atoms with van der Waals surface area (Å²) in [6, 6.07) is 0. The lowest BCUT2D eigenvalue weighted by molar-refractivity contribution is -0.127. The third-order valence-corrected chi connectivity index (χ3v) is 4.24. The summed E-state index contributed by atoms with van der Waals surface area (Å²) in [5, 5.41) is 13.7. The van der Waals surface area contributed by atoms with Gasteiger partial charge in [0, 0.05) is 43.2 Å². The number of aliphatic hydroxyl groups is 1. The first kappa shape index (κ1) is 15.1. The minimum absolute atomic E-state index is 0.0289. The van der Waals surface area contributed by atoms with Crippen LogP contribution >= 0.6 is 0 Å². The predicted octanol–water partition coefficient (Wildman–Crippen LogP) is 1.10. The summed E-state index contributed by atoms with van der Waals surface area (Å²) < 4.78 is 5.34. The summed E-state index contributed by atoms with van der Waals surface area (Å²) in [7, 11) is 0. The van der Waals surface area contributed by atoms with E-state index in [0.717, 1.165) is 50.3 Å². The zero-order valence-corrected chi connectivity index (χ0v) is 12.9. The molecule has 3 rings (SSSR count). The zero-order chi connectivity index (χ0) is 15.5. The summed E-state index contributed by atoms with van der Waals surface area (Å²) in [5.41, 5.74) is 1.61. The van der Waals surface area contributed by atoms with E-state index in [2.05, 4.69) is 10.2 Å². The molecule has 1 amide bonds. The van der Waals surface area contributed by atoms with Gasteiger partial charge < -0.3 is 15.2 Å². The second kappa shape index (κ2) is 6.54. The molecule has 22 heavy (non-hydrogen) atoms. The van der Waals surface area contributed by atoms with Gasteiger partial charge in [-0.05, 0) is 12.5 Å². The van der Waals surface area contributed by atoms with E-state index in [1.54, 1.807) is 17.3 Å². The van der Waals surface area contributed by atoms with Crippen LogP contribution in [0, 0.1) is 0 Å². The molecular weight excluding hydrogens is 282 g/mol. The molecule has 0 radical (unpaired) electrons. The molecule has 0 aromatic heterocycles. The molecule has 1 unspecified atom stereocenters. The van der Waals surface area contributed by atoms with Gasteiger partial charge in [-0.1, -0.05) is 13.3 Å². The highest BCUT2D eigenvalue weighted by atomic mass is 16.5. The number of nitrogens with zero attached hydrogens (tertiary/aromatic N) is 2. The number of fused-ring (bicyclic) bond motifs is 1. The van der Waals surface area contributed by atoms with Crippen LogP contribution in [0.25, 0.3) is 0 Å². The fourth-order valence-corrected chi connectivity index (χ4v) is 2.98. The molecule has 120 valence electrons. The van der Waals surface area contributed by atoms with E-state index in [9.17, 15) is 9.90 Å². The fourth-order valence-electron chi connectivity index (χ4n) is 2.98. The summed E-state index contributed by atoms with van der Waals surface area (Å²) >= 11 is 0. The number of amides is 1. The van der Waals surface area contributed by atoms with Crippen molar-refractivity contribution < 1.29 is 14.6 Å². The van der Waals surface area contributed by atoms with Gasteiger partial charge in [0.2, 0.25) is 0 Å². The maximum absolute atomic E-state index is 12.4. The maximum atomic E-state index is 12.4. The largest absolute Gasteiger partial charge is 0.508 e. The molecule has 1 atom stereocenters. The van der Waals surface area contributed by atoms with Gasteiger partial charge in [-0.2, -0.15) is 0 Å². The minimum atomic E-state index is -0.478. The number of carbonyl (C=O) groups is 1. The number of aliphatic hydroxyl groups excluding tert-OH is 1. The Kier molecular flexibility index (Phi) is 4.49. The molecule has 0 aromatic carbocycles. The molecule has 0 saturated carbocycles. The van der Waals surface area contributed by atoms with Gasteiger partial charge in [-0.25, -0.2) is 0 Å². The van der Waals surface area contributed by atoms with Crippen LogP contribution in [0.5, 0.6) is 0 Å². The van der Waals surface area contributed by atoms with Crippen molar-refractivity contribution in [2.45, 2.75) is 25.9 Å². The smallest absolute Gasteiger partial charge is 0.257 e. The molecule has 3 heterocycles. The third-order valence-electron chi connectivity index (χ3n) is 4.24. The van der Waals surface area contributed by atoms with Crippen LogP contribution in [-0.4, -0.2) is 59.8 Å². The van der Waals surface area contributed by atoms with Crippen LogP contribution in [0.1, 0.15) is 19.8 Å². The molecule has 3 aliphatic rings. The Morgan fingerprint density at radius 3 is 2.91 bits per heavy atom. The second-order valence-electron chi connectivity index (χ2n) is 5.82. The van der Waals surface area contributed by atoms with Gasteiger partial charge in [0.25, 0.3) is 5.91 Å². The van der Waals surface area contributed by atoms with Crippen LogP contribution in [-0.2, 0) is 9.53 Å². The van der Waals surface area contributed by atoms with Crippen LogP contribution in [0.2, 0.25) is 0 Å². The van der Waals surface area contributed by atoms with E-state index < -0.39 is 6.17 Å². The summed E-state index contributed by atoms with van der Waals surface area (Å²) in [6.45, 7) is 5.92. The van der Waals surface area contributed by atoms with E-state index in [1.807, 2.05) is 13.0 Å². The third kappa shape index (κ3) is 2.89.